The number of nitrogens with zero attached hydrogens (tertiary/aromatic N) is 2. The maximum atomic E-state index is 13.4. The second-order valence-corrected chi connectivity index (χ2v) is 8.10. The first kappa shape index (κ1) is 19.7. The minimum Gasteiger partial charge on any atom is -0.481 e. The van der Waals surface area contributed by atoms with E-state index < -0.39 is 6.04 Å². The second-order valence-electron chi connectivity index (χ2n) is 7.66. The van der Waals surface area contributed by atoms with E-state index in [4.69, 9.17) is 16.3 Å². The van der Waals surface area contributed by atoms with Gasteiger partial charge in [0.15, 0.2) is 0 Å². The van der Waals surface area contributed by atoms with Gasteiger partial charge in [-0.05, 0) is 49.4 Å². The molecule has 152 valence electrons. The Morgan fingerprint density at radius 1 is 1.21 bits per heavy atom. The van der Waals surface area contributed by atoms with Crippen LogP contribution in [0.25, 0.3) is 0 Å². The molecule has 2 aromatic rings. The van der Waals surface area contributed by atoms with E-state index >= 15 is 0 Å². The second kappa shape index (κ2) is 8.41. The zero-order valence-corrected chi connectivity index (χ0v) is 17.1. The maximum Gasteiger partial charge on any atom is 0.254 e. The number of fused-ring (bicyclic) bond motifs is 1. The van der Waals surface area contributed by atoms with Crippen molar-refractivity contribution in [1.29, 1.82) is 0 Å². The van der Waals surface area contributed by atoms with Crippen molar-refractivity contribution in [2.24, 2.45) is 5.92 Å². The Kier molecular flexibility index (Phi) is 5.72. The molecule has 3 unspecified atom stereocenters. The largest absolute Gasteiger partial charge is 0.481 e. The lowest BCUT2D eigenvalue weighted by Crippen LogP contribution is -2.47. The van der Waals surface area contributed by atoms with Crippen LogP contribution < -0.4 is 10.1 Å². The first-order valence-corrected chi connectivity index (χ1v) is 10.3. The molecule has 0 bridgehead atoms. The summed E-state index contributed by atoms with van der Waals surface area (Å²) in [5.74, 6) is 0.529. The maximum absolute atomic E-state index is 13.4. The van der Waals surface area contributed by atoms with Crippen LogP contribution in [0, 0.1) is 5.92 Å². The van der Waals surface area contributed by atoms with Gasteiger partial charge in [-0.3, -0.25) is 9.59 Å². The number of rotatable bonds is 4. The first-order valence-electron chi connectivity index (χ1n) is 9.96. The number of pyridine rings is 1. The van der Waals surface area contributed by atoms with Crippen LogP contribution in [0.1, 0.15) is 42.5 Å². The molecule has 29 heavy (non-hydrogen) atoms. The minimum atomic E-state index is -0.503. The number of nitrogens with one attached hydrogen (secondary N) is 1. The fourth-order valence-electron chi connectivity index (χ4n) is 4.56. The van der Waals surface area contributed by atoms with Gasteiger partial charge in [0.25, 0.3) is 5.91 Å². The zero-order valence-electron chi connectivity index (χ0n) is 16.3. The lowest BCUT2D eigenvalue weighted by molar-refractivity contribution is -0.120. The summed E-state index contributed by atoms with van der Waals surface area (Å²) in [6.45, 7) is 0. The molecule has 0 radical (unpaired) electrons. The number of carbonyl (C=O) groups excluding carboxylic acids is 2. The molecule has 1 aromatic heterocycles. The highest BCUT2D eigenvalue weighted by molar-refractivity contribution is 6.31. The van der Waals surface area contributed by atoms with E-state index in [0.29, 0.717) is 34.5 Å². The van der Waals surface area contributed by atoms with Gasteiger partial charge in [-0.15, -0.1) is 0 Å². The number of aromatic nitrogens is 1. The Morgan fingerprint density at radius 3 is 2.76 bits per heavy atom. The fraction of sp³-hybridized carbons (Fsp3) is 0.409. The van der Waals surface area contributed by atoms with Crippen molar-refractivity contribution in [3.8, 4) is 5.88 Å². The van der Waals surface area contributed by atoms with Crippen molar-refractivity contribution in [3.05, 3.63) is 53.2 Å². The molecule has 1 aliphatic carbocycles. The average molecular weight is 414 g/mol. The number of carbonyl (C=O) groups is 2. The van der Waals surface area contributed by atoms with Crippen LogP contribution in [-0.4, -0.2) is 40.9 Å². The highest BCUT2D eigenvalue weighted by Crippen LogP contribution is 2.41. The van der Waals surface area contributed by atoms with Crippen LogP contribution in [0.15, 0.2) is 42.6 Å². The standard InChI is InChI=1S/C22H24ClN3O3/c1-29-20-10-9-17(13-24-20)25-21(27)19-12-14-5-2-3-8-18(14)26(19)22(28)15-6-4-7-16(23)11-15/h4,6-7,9-11,13-14,18-19H,2-3,5,8,12H2,1H3,(H,25,27). The van der Waals surface area contributed by atoms with Gasteiger partial charge < -0.3 is 15.0 Å². The number of likely N-dealkylation sites (tertiary alicyclic amines) is 1. The van der Waals surface area contributed by atoms with E-state index in [1.165, 1.54) is 0 Å². The van der Waals surface area contributed by atoms with Crippen LogP contribution in [0.3, 0.4) is 0 Å². The van der Waals surface area contributed by atoms with Crippen LogP contribution in [0.4, 0.5) is 5.69 Å². The number of ether oxygens (including phenoxy) is 1. The van der Waals surface area contributed by atoms with Crippen molar-refractivity contribution < 1.29 is 14.3 Å². The molecule has 2 amide bonds. The van der Waals surface area contributed by atoms with Gasteiger partial charge in [-0.25, -0.2) is 4.98 Å². The van der Waals surface area contributed by atoms with E-state index in [-0.39, 0.29) is 17.9 Å². The van der Waals surface area contributed by atoms with Crippen molar-refractivity contribution in [1.82, 2.24) is 9.88 Å². The summed E-state index contributed by atoms with van der Waals surface area (Å²) in [7, 11) is 1.54. The smallest absolute Gasteiger partial charge is 0.254 e. The number of hydrogen-bond donors (Lipinski definition) is 1. The third kappa shape index (κ3) is 4.08. The van der Waals surface area contributed by atoms with Gasteiger partial charge in [-0.2, -0.15) is 0 Å². The van der Waals surface area contributed by atoms with E-state index in [0.717, 1.165) is 25.7 Å². The van der Waals surface area contributed by atoms with E-state index in [1.807, 2.05) is 0 Å². The lowest BCUT2D eigenvalue weighted by atomic mass is 9.84. The van der Waals surface area contributed by atoms with Gasteiger partial charge in [0.05, 0.1) is 19.0 Å². The molecule has 1 aliphatic heterocycles. The lowest BCUT2D eigenvalue weighted by Gasteiger charge is -2.33. The molecule has 2 fully saturated rings. The number of anilines is 1. The van der Waals surface area contributed by atoms with Gasteiger partial charge in [0, 0.05) is 22.7 Å². The van der Waals surface area contributed by atoms with Gasteiger partial charge in [0.1, 0.15) is 6.04 Å². The Hall–Kier alpha value is -2.60. The van der Waals surface area contributed by atoms with E-state index in [9.17, 15) is 9.59 Å². The molecule has 2 heterocycles. The molecule has 1 saturated heterocycles. The Bertz CT molecular complexity index is 902. The highest BCUT2D eigenvalue weighted by atomic mass is 35.5. The van der Waals surface area contributed by atoms with Crippen LogP contribution in [-0.2, 0) is 4.79 Å². The van der Waals surface area contributed by atoms with Gasteiger partial charge >= 0.3 is 0 Å². The summed E-state index contributed by atoms with van der Waals surface area (Å²) in [6.07, 6.45) is 6.46. The van der Waals surface area contributed by atoms with Crippen LogP contribution >= 0.6 is 11.6 Å². The van der Waals surface area contributed by atoms with Crippen molar-refractivity contribution >= 4 is 29.1 Å². The molecular formula is C22H24ClN3O3. The molecule has 1 aromatic carbocycles. The third-order valence-electron chi connectivity index (χ3n) is 5.91. The molecule has 4 rings (SSSR count). The monoisotopic (exact) mass is 413 g/mol. The number of amides is 2. The first-order chi connectivity index (χ1) is 14.1. The predicted molar refractivity (Wildman–Crippen MR) is 111 cm³/mol. The normalized spacial score (nSPS) is 23.4. The Labute approximate surface area is 175 Å². The number of methoxy groups -OCH3 is 1. The molecule has 0 spiro atoms. The Morgan fingerprint density at radius 2 is 2.03 bits per heavy atom. The molecule has 7 heteroatoms. The van der Waals surface area contributed by atoms with E-state index in [1.54, 1.807) is 54.6 Å². The molecule has 2 aliphatic rings. The summed E-state index contributed by atoms with van der Waals surface area (Å²) in [6, 6.07) is 9.97. The van der Waals surface area contributed by atoms with Gasteiger partial charge in [0.2, 0.25) is 11.8 Å². The summed E-state index contributed by atoms with van der Waals surface area (Å²) in [4.78, 5) is 32.4. The van der Waals surface area contributed by atoms with Crippen molar-refractivity contribution in [2.75, 3.05) is 12.4 Å². The summed E-state index contributed by atoms with van der Waals surface area (Å²) < 4.78 is 5.06. The third-order valence-corrected chi connectivity index (χ3v) is 6.14. The quantitative estimate of drug-likeness (QED) is 0.817. The SMILES string of the molecule is COc1ccc(NC(=O)C2CC3CCCCC3N2C(=O)c2cccc(Cl)c2)cn1. The van der Waals surface area contributed by atoms with Crippen LogP contribution in [0.2, 0.25) is 5.02 Å². The molecular weight excluding hydrogens is 390 g/mol. The van der Waals surface area contributed by atoms with Gasteiger partial charge in [-0.1, -0.05) is 30.5 Å². The molecule has 3 atom stereocenters. The van der Waals surface area contributed by atoms with Crippen LogP contribution in [0.5, 0.6) is 5.88 Å². The van der Waals surface area contributed by atoms with Crippen molar-refractivity contribution in [3.63, 3.8) is 0 Å². The Balaban J connectivity index is 1.58. The average Bonchev–Trinajstić information content (AvgIpc) is 3.13. The van der Waals surface area contributed by atoms with Crippen molar-refractivity contribution in [2.45, 2.75) is 44.2 Å². The molecule has 6 nitrogen and oxygen atoms in total. The topological polar surface area (TPSA) is 71.5 Å². The summed E-state index contributed by atoms with van der Waals surface area (Å²) in [5, 5.41) is 3.43. The summed E-state index contributed by atoms with van der Waals surface area (Å²) in [5.41, 5.74) is 1.11. The minimum absolute atomic E-state index is 0.0972. The predicted octanol–water partition coefficient (Wildman–Crippen LogP) is 4.16. The molecule has 1 saturated carbocycles. The highest BCUT2D eigenvalue weighted by Gasteiger charge is 2.47. The summed E-state index contributed by atoms with van der Waals surface area (Å²) >= 11 is 6.10. The fourth-order valence-corrected chi connectivity index (χ4v) is 4.75. The van der Waals surface area contributed by atoms with E-state index in [2.05, 4.69) is 10.3 Å². The molecule has 1 N–H and O–H groups in total. The zero-order chi connectivity index (χ0) is 20.4. The number of halogens is 1. The number of hydrogen-bond acceptors (Lipinski definition) is 4. The number of benzene rings is 1.